The molecular weight excluding hydrogens is 225 g/mol. The second-order valence-electron chi connectivity index (χ2n) is 3.76. The van der Waals surface area contributed by atoms with Crippen molar-refractivity contribution < 1.29 is 23.1 Å². The van der Waals surface area contributed by atoms with E-state index >= 15 is 0 Å². The number of nitrogens with zero attached hydrogens (tertiary/aromatic N) is 2. The molecule has 0 saturated heterocycles. The fourth-order valence-corrected chi connectivity index (χ4v) is 1.78. The van der Waals surface area contributed by atoms with E-state index in [0.717, 1.165) is 6.20 Å². The van der Waals surface area contributed by atoms with Crippen LogP contribution < -0.4 is 0 Å². The number of hydrogen-bond acceptors (Lipinski definition) is 2. The maximum atomic E-state index is 12.3. The van der Waals surface area contributed by atoms with Crippen molar-refractivity contribution in [2.24, 2.45) is 5.92 Å². The highest BCUT2D eigenvalue weighted by Gasteiger charge is 2.36. The van der Waals surface area contributed by atoms with E-state index in [9.17, 15) is 18.0 Å². The molecule has 0 aliphatic carbocycles. The quantitative estimate of drug-likeness (QED) is 0.802. The first-order valence-electron chi connectivity index (χ1n) is 4.74. The van der Waals surface area contributed by atoms with Crippen LogP contribution in [0.4, 0.5) is 13.2 Å². The zero-order chi connectivity index (χ0) is 11.9. The lowest BCUT2D eigenvalue weighted by Gasteiger charge is -2.19. The minimum Gasteiger partial charge on any atom is -0.481 e. The summed E-state index contributed by atoms with van der Waals surface area (Å²) < 4.78 is 38.4. The van der Waals surface area contributed by atoms with E-state index in [4.69, 9.17) is 5.11 Å². The van der Waals surface area contributed by atoms with Gasteiger partial charge in [-0.2, -0.15) is 13.2 Å². The Kier molecular flexibility index (Phi) is 2.40. The Balaban J connectivity index is 2.27. The van der Waals surface area contributed by atoms with Gasteiger partial charge in [-0.15, -0.1) is 0 Å². The van der Waals surface area contributed by atoms with Gasteiger partial charge in [-0.05, 0) is 6.42 Å². The normalized spacial score (nSPS) is 20.6. The van der Waals surface area contributed by atoms with Gasteiger partial charge in [0.2, 0.25) is 0 Å². The molecule has 1 N–H and O–H groups in total. The topological polar surface area (TPSA) is 55.1 Å². The maximum Gasteiger partial charge on any atom is 0.434 e. The Hall–Kier alpha value is -1.53. The minimum absolute atomic E-state index is 0.0609. The maximum absolute atomic E-state index is 12.3. The smallest absolute Gasteiger partial charge is 0.434 e. The van der Waals surface area contributed by atoms with Crippen molar-refractivity contribution in [3.05, 3.63) is 17.7 Å². The lowest BCUT2D eigenvalue weighted by atomic mass is 9.98. The fraction of sp³-hybridized carbons (Fsp3) is 0.556. The number of hydrogen-bond donors (Lipinski definition) is 1. The first-order chi connectivity index (χ1) is 7.38. The van der Waals surface area contributed by atoms with Gasteiger partial charge in [-0.3, -0.25) is 4.79 Å². The molecular formula is C9H9F3N2O2. The largest absolute Gasteiger partial charge is 0.481 e. The summed E-state index contributed by atoms with van der Waals surface area (Å²) in [5, 5.41) is 8.77. The van der Waals surface area contributed by atoms with Crippen LogP contribution in [-0.4, -0.2) is 20.6 Å². The van der Waals surface area contributed by atoms with Crippen molar-refractivity contribution in [2.75, 3.05) is 0 Å². The van der Waals surface area contributed by atoms with Gasteiger partial charge in [-0.25, -0.2) is 4.98 Å². The molecule has 0 spiro atoms. The minimum atomic E-state index is -4.47. The molecule has 7 heteroatoms. The van der Waals surface area contributed by atoms with Crippen LogP contribution in [-0.2, 0) is 23.9 Å². The van der Waals surface area contributed by atoms with E-state index in [-0.39, 0.29) is 18.8 Å². The summed E-state index contributed by atoms with van der Waals surface area (Å²) in [6, 6.07) is 0. The highest BCUT2D eigenvalue weighted by Crippen LogP contribution is 2.30. The predicted octanol–water partition coefficient (Wildman–Crippen LogP) is 1.55. The van der Waals surface area contributed by atoms with E-state index in [1.807, 2.05) is 0 Å². The summed E-state index contributed by atoms with van der Waals surface area (Å²) in [6.07, 6.45) is -3.13. The molecule has 16 heavy (non-hydrogen) atoms. The molecule has 1 aromatic rings. The molecule has 2 heterocycles. The third-order valence-corrected chi connectivity index (χ3v) is 2.65. The third-order valence-electron chi connectivity index (χ3n) is 2.65. The van der Waals surface area contributed by atoms with Crippen molar-refractivity contribution in [3.8, 4) is 0 Å². The standard InChI is InChI=1S/C9H9F3N2O2/c10-9(11,12)6-4-14-2-1-5(8(15)16)3-7(14)13-6/h4-5H,1-3H2,(H,15,16)/t5-/m1/s1. The summed E-state index contributed by atoms with van der Waals surface area (Å²) in [5.74, 6) is -1.41. The molecule has 1 aromatic heterocycles. The molecule has 0 bridgehead atoms. The average molecular weight is 234 g/mol. The average Bonchev–Trinajstić information content (AvgIpc) is 2.58. The summed E-state index contributed by atoms with van der Waals surface area (Å²) in [7, 11) is 0. The molecule has 88 valence electrons. The highest BCUT2D eigenvalue weighted by molar-refractivity contribution is 5.70. The number of rotatable bonds is 1. The van der Waals surface area contributed by atoms with Crippen LogP contribution >= 0.6 is 0 Å². The number of imidazole rings is 1. The van der Waals surface area contributed by atoms with E-state index < -0.39 is 23.8 Å². The summed E-state index contributed by atoms with van der Waals surface area (Å²) >= 11 is 0. The number of carboxylic acids is 1. The van der Waals surface area contributed by atoms with Crippen molar-refractivity contribution in [3.63, 3.8) is 0 Å². The summed E-state index contributed by atoms with van der Waals surface area (Å²) in [4.78, 5) is 14.1. The summed E-state index contributed by atoms with van der Waals surface area (Å²) in [5.41, 5.74) is -0.950. The number of fused-ring (bicyclic) bond motifs is 1. The van der Waals surface area contributed by atoms with Gasteiger partial charge in [0.15, 0.2) is 5.69 Å². The van der Waals surface area contributed by atoms with Crippen molar-refractivity contribution in [2.45, 2.75) is 25.6 Å². The van der Waals surface area contributed by atoms with Crippen LogP contribution in [0.3, 0.4) is 0 Å². The number of aromatic nitrogens is 2. The Morgan fingerprint density at radius 3 is 2.81 bits per heavy atom. The molecule has 0 unspecified atom stereocenters. The molecule has 0 saturated carbocycles. The Morgan fingerprint density at radius 1 is 1.56 bits per heavy atom. The van der Waals surface area contributed by atoms with Crippen LogP contribution in [0.1, 0.15) is 17.9 Å². The van der Waals surface area contributed by atoms with Crippen LogP contribution in [0.25, 0.3) is 0 Å². The second-order valence-corrected chi connectivity index (χ2v) is 3.76. The number of halogens is 3. The van der Waals surface area contributed by atoms with Gasteiger partial charge in [-0.1, -0.05) is 0 Å². The van der Waals surface area contributed by atoms with E-state index in [1.54, 1.807) is 0 Å². The van der Waals surface area contributed by atoms with E-state index in [0.29, 0.717) is 6.42 Å². The Labute approximate surface area is 88.7 Å². The number of carboxylic acid groups (broad SMARTS) is 1. The van der Waals surface area contributed by atoms with Crippen LogP contribution in [0, 0.1) is 5.92 Å². The zero-order valence-corrected chi connectivity index (χ0v) is 8.16. The number of alkyl halides is 3. The second kappa shape index (κ2) is 3.50. The Morgan fingerprint density at radius 2 is 2.25 bits per heavy atom. The summed E-state index contributed by atoms with van der Waals surface area (Å²) in [6.45, 7) is 0.273. The van der Waals surface area contributed by atoms with E-state index in [2.05, 4.69) is 4.98 Å². The van der Waals surface area contributed by atoms with Gasteiger partial charge in [0.05, 0.1) is 5.92 Å². The van der Waals surface area contributed by atoms with Gasteiger partial charge < -0.3 is 9.67 Å². The van der Waals surface area contributed by atoms with E-state index in [1.165, 1.54) is 4.57 Å². The number of carbonyl (C=O) groups is 1. The molecule has 0 fully saturated rings. The first-order valence-corrected chi connectivity index (χ1v) is 4.74. The lowest BCUT2D eigenvalue weighted by molar-refractivity contribution is -0.142. The van der Waals surface area contributed by atoms with Gasteiger partial charge in [0.1, 0.15) is 5.82 Å². The van der Waals surface area contributed by atoms with Crippen molar-refractivity contribution in [1.82, 2.24) is 9.55 Å². The van der Waals surface area contributed by atoms with Gasteiger partial charge in [0, 0.05) is 19.2 Å². The molecule has 1 atom stereocenters. The lowest BCUT2D eigenvalue weighted by Crippen LogP contribution is -2.25. The zero-order valence-electron chi connectivity index (χ0n) is 8.16. The third kappa shape index (κ3) is 1.89. The number of aliphatic carboxylic acids is 1. The van der Waals surface area contributed by atoms with Crippen LogP contribution in [0.2, 0.25) is 0 Å². The fourth-order valence-electron chi connectivity index (χ4n) is 1.78. The predicted molar refractivity (Wildman–Crippen MR) is 46.7 cm³/mol. The molecule has 0 amide bonds. The van der Waals surface area contributed by atoms with Gasteiger partial charge >= 0.3 is 12.1 Å². The molecule has 4 nitrogen and oxygen atoms in total. The highest BCUT2D eigenvalue weighted by atomic mass is 19.4. The van der Waals surface area contributed by atoms with Crippen LogP contribution in [0.15, 0.2) is 6.20 Å². The SMILES string of the molecule is O=C(O)[C@@H]1CCn2cc(C(F)(F)F)nc2C1. The molecule has 0 radical (unpaired) electrons. The Bertz CT molecular complexity index is 425. The number of aryl methyl sites for hydroxylation is 1. The van der Waals surface area contributed by atoms with Crippen molar-refractivity contribution >= 4 is 5.97 Å². The monoisotopic (exact) mass is 234 g/mol. The van der Waals surface area contributed by atoms with Gasteiger partial charge in [0.25, 0.3) is 0 Å². The first kappa shape index (κ1) is 11.0. The van der Waals surface area contributed by atoms with Crippen LogP contribution in [0.5, 0.6) is 0 Å². The molecule has 1 aliphatic rings. The molecule has 0 aromatic carbocycles. The van der Waals surface area contributed by atoms with Crippen molar-refractivity contribution in [1.29, 1.82) is 0 Å². The molecule has 2 rings (SSSR count). The molecule has 1 aliphatic heterocycles.